The van der Waals surface area contributed by atoms with Crippen LogP contribution in [0, 0.1) is 25.7 Å². The van der Waals surface area contributed by atoms with Crippen molar-refractivity contribution in [3.05, 3.63) is 70.8 Å². The van der Waals surface area contributed by atoms with Gasteiger partial charge in [0.1, 0.15) is 0 Å². The van der Waals surface area contributed by atoms with Gasteiger partial charge >= 0.3 is 6.03 Å². The van der Waals surface area contributed by atoms with Gasteiger partial charge in [-0.05, 0) is 39.5 Å². The van der Waals surface area contributed by atoms with Crippen LogP contribution in [-0.2, 0) is 0 Å². The van der Waals surface area contributed by atoms with Gasteiger partial charge in [0.2, 0.25) is 0 Å². The number of piperidine rings is 2. The predicted octanol–water partition coefficient (Wildman–Crippen LogP) is 4.91. The number of carbonyl (C=O) groups is 3. The third-order valence-corrected chi connectivity index (χ3v) is 6.94. The molecule has 2 aliphatic heterocycles. The lowest BCUT2D eigenvalue weighted by Crippen LogP contribution is -2.50. The summed E-state index contributed by atoms with van der Waals surface area (Å²) in [5.41, 5.74) is 3.82. The van der Waals surface area contributed by atoms with Crippen LogP contribution in [0.25, 0.3) is 0 Å². The summed E-state index contributed by atoms with van der Waals surface area (Å²) < 4.78 is 0. The van der Waals surface area contributed by atoms with Crippen molar-refractivity contribution in [3.8, 4) is 0 Å². The number of hydrogen-bond donors (Lipinski definition) is 0. The summed E-state index contributed by atoms with van der Waals surface area (Å²) in [7, 11) is 0. The molecule has 0 N–H and O–H groups in total. The minimum atomic E-state index is -0.0142. The van der Waals surface area contributed by atoms with Crippen LogP contribution in [0.5, 0.6) is 0 Å². The normalized spacial score (nSPS) is 17.9. The molecule has 0 aliphatic carbocycles. The van der Waals surface area contributed by atoms with Crippen LogP contribution < -0.4 is 0 Å². The Labute approximate surface area is 190 Å². The molecule has 0 spiro atoms. The Morgan fingerprint density at radius 1 is 0.594 bits per heavy atom. The molecule has 0 aromatic heterocycles. The van der Waals surface area contributed by atoms with Gasteiger partial charge in [-0.3, -0.25) is 9.59 Å². The zero-order valence-corrected chi connectivity index (χ0v) is 19.0. The second-order valence-electron chi connectivity index (χ2n) is 9.27. The Hall–Kier alpha value is -2.95. The molecule has 5 heteroatoms. The second kappa shape index (κ2) is 9.68. The number of ketones is 2. The van der Waals surface area contributed by atoms with E-state index in [1.165, 1.54) is 0 Å². The lowest BCUT2D eigenvalue weighted by atomic mass is 9.88. The van der Waals surface area contributed by atoms with Gasteiger partial charge in [-0.2, -0.15) is 0 Å². The molecule has 2 heterocycles. The molecule has 0 radical (unpaired) electrons. The number of likely N-dealkylation sites (tertiary alicyclic amines) is 2. The molecular weight excluding hydrogens is 400 g/mol. The monoisotopic (exact) mass is 432 g/mol. The quantitative estimate of drug-likeness (QED) is 0.645. The summed E-state index contributed by atoms with van der Waals surface area (Å²) >= 11 is 0. The lowest BCUT2D eigenvalue weighted by Gasteiger charge is -2.38. The van der Waals surface area contributed by atoms with Crippen LogP contribution in [-0.4, -0.2) is 53.6 Å². The number of aryl methyl sites for hydroxylation is 2. The predicted molar refractivity (Wildman–Crippen MR) is 125 cm³/mol. The Morgan fingerprint density at radius 2 is 0.906 bits per heavy atom. The first-order valence-electron chi connectivity index (χ1n) is 11.7. The van der Waals surface area contributed by atoms with Gasteiger partial charge < -0.3 is 9.80 Å². The lowest BCUT2D eigenvalue weighted by molar-refractivity contribution is 0.0783. The molecule has 0 saturated carbocycles. The average molecular weight is 433 g/mol. The summed E-state index contributed by atoms with van der Waals surface area (Å²) in [5.74, 6) is 0.347. The van der Waals surface area contributed by atoms with Crippen molar-refractivity contribution < 1.29 is 14.4 Å². The largest absolute Gasteiger partial charge is 0.325 e. The Kier molecular flexibility index (Phi) is 6.73. The third-order valence-electron chi connectivity index (χ3n) is 6.94. The Bertz CT molecular complexity index is 885. The first kappa shape index (κ1) is 22.3. The van der Waals surface area contributed by atoms with Crippen molar-refractivity contribution in [2.75, 3.05) is 26.2 Å². The number of rotatable bonds is 4. The Morgan fingerprint density at radius 3 is 1.22 bits per heavy atom. The van der Waals surface area contributed by atoms with E-state index in [1.54, 1.807) is 0 Å². The van der Waals surface area contributed by atoms with E-state index in [2.05, 4.69) is 0 Å². The van der Waals surface area contributed by atoms with Crippen molar-refractivity contribution in [3.63, 3.8) is 0 Å². The standard InChI is InChI=1S/C27H32N2O3/c1-19-3-7-21(8-4-19)25(30)23-11-15-28(16-12-23)27(32)29-17-13-24(14-18-29)26(31)22-9-5-20(2)6-10-22/h3-10,23-24H,11-18H2,1-2H3. The highest BCUT2D eigenvalue weighted by atomic mass is 16.2. The molecule has 32 heavy (non-hydrogen) atoms. The molecule has 2 fully saturated rings. The van der Waals surface area contributed by atoms with E-state index < -0.39 is 0 Å². The number of hydrogen-bond acceptors (Lipinski definition) is 3. The molecule has 2 saturated heterocycles. The zero-order valence-electron chi connectivity index (χ0n) is 19.0. The number of amides is 2. The minimum Gasteiger partial charge on any atom is -0.325 e. The van der Waals surface area contributed by atoms with Crippen LogP contribution >= 0.6 is 0 Å². The molecule has 2 aliphatic rings. The maximum absolute atomic E-state index is 13.0. The van der Waals surface area contributed by atoms with Crippen molar-refractivity contribution in [2.45, 2.75) is 39.5 Å². The molecule has 0 unspecified atom stereocenters. The molecular formula is C27H32N2O3. The van der Waals surface area contributed by atoms with E-state index in [1.807, 2.05) is 72.2 Å². The molecule has 0 bridgehead atoms. The van der Waals surface area contributed by atoms with Gasteiger partial charge in [-0.15, -0.1) is 0 Å². The van der Waals surface area contributed by atoms with Crippen LogP contribution in [0.2, 0.25) is 0 Å². The summed E-state index contributed by atoms with van der Waals surface area (Å²) in [6.45, 7) is 6.48. The van der Waals surface area contributed by atoms with Crippen LogP contribution in [0.3, 0.4) is 0 Å². The van der Waals surface area contributed by atoms with Crippen LogP contribution in [0.15, 0.2) is 48.5 Å². The molecule has 0 atom stereocenters. The van der Waals surface area contributed by atoms with Gasteiger partial charge in [0, 0.05) is 49.1 Å². The topological polar surface area (TPSA) is 57.7 Å². The zero-order chi connectivity index (χ0) is 22.7. The molecule has 4 rings (SSSR count). The summed E-state index contributed by atoms with van der Waals surface area (Å²) in [4.78, 5) is 42.3. The maximum atomic E-state index is 13.0. The fourth-order valence-corrected chi connectivity index (χ4v) is 4.77. The smallest absolute Gasteiger partial charge is 0.319 e. The van der Waals surface area contributed by atoms with E-state index in [9.17, 15) is 14.4 Å². The number of nitrogens with zero attached hydrogens (tertiary/aromatic N) is 2. The molecule has 2 amide bonds. The highest BCUT2D eigenvalue weighted by Gasteiger charge is 2.33. The van der Waals surface area contributed by atoms with Gasteiger partial charge in [-0.25, -0.2) is 4.79 Å². The average Bonchev–Trinajstić information content (AvgIpc) is 2.84. The highest BCUT2D eigenvalue weighted by molar-refractivity contribution is 5.98. The third kappa shape index (κ3) is 4.93. The summed E-state index contributed by atoms with van der Waals surface area (Å²) in [6.07, 6.45) is 2.84. The number of urea groups is 1. The molecule has 2 aromatic carbocycles. The SMILES string of the molecule is Cc1ccc(C(=O)C2CCN(C(=O)N3CCC(C(=O)c4ccc(C)cc4)CC3)CC2)cc1. The molecule has 2 aromatic rings. The van der Waals surface area contributed by atoms with E-state index >= 15 is 0 Å². The summed E-state index contributed by atoms with van der Waals surface area (Å²) in [5, 5.41) is 0. The number of Topliss-reactive ketones (excluding diaryl/α,β-unsaturated/α-hetero) is 2. The first-order chi connectivity index (χ1) is 15.4. The van der Waals surface area contributed by atoms with E-state index in [4.69, 9.17) is 0 Å². The van der Waals surface area contributed by atoms with Crippen molar-refractivity contribution >= 4 is 17.6 Å². The summed E-state index contributed by atoms with van der Waals surface area (Å²) in [6, 6.07) is 15.5. The first-order valence-corrected chi connectivity index (χ1v) is 11.7. The number of carbonyl (C=O) groups excluding carboxylic acids is 3. The van der Waals surface area contributed by atoms with E-state index in [0.717, 1.165) is 22.3 Å². The van der Waals surface area contributed by atoms with Gasteiger partial charge in [0.05, 0.1) is 0 Å². The fourth-order valence-electron chi connectivity index (χ4n) is 4.77. The maximum Gasteiger partial charge on any atom is 0.319 e. The molecule has 5 nitrogen and oxygen atoms in total. The second-order valence-corrected chi connectivity index (χ2v) is 9.27. The van der Waals surface area contributed by atoms with Crippen LogP contribution in [0.4, 0.5) is 4.79 Å². The van der Waals surface area contributed by atoms with Gasteiger partial charge in [0.15, 0.2) is 11.6 Å². The van der Waals surface area contributed by atoms with Crippen molar-refractivity contribution in [2.24, 2.45) is 11.8 Å². The molecule has 168 valence electrons. The fraction of sp³-hybridized carbons (Fsp3) is 0.444. The van der Waals surface area contributed by atoms with Crippen LogP contribution in [0.1, 0.15) is 57.5 Å². The van der Waals surface area contributed by atoms with E-state index in [0.29, 0.717) is 51.9 Å². The van der Waals surface area contributed by atoms with Gasteiger partial charge in [-0.1, -0.05) is 59.7 Å². The van der Waals surface area contributed by atoms with E-state index in [-0.39, 0.29) is 29.4 Å². The minimum absolute atomic E-state index is 0.0142. The van der Waals surface area contributed by atoms with Gasteiger partial charge in [0.25, 0.3) is 0 Å². The van der Waals surface area contributed by atoms with Crippen molar-refractivity contribution in [1.29, 1.82) is 0 Å². The number of benzene rings is 2. The van der Waals surface area contributed by atoms with Crippen molar-refractivity contribution in [1.82, 2.24) is 9.80 Å². The Balaban J connectivity index is 1.26. The highest BCUT2D eigenvalue weighted by Crippen LogP contribution is 2.26.